The third-order valence-electron chi connectivity index (χ3n) is 4.91. The molecule has 3 heterocycles. The predicted octanol–water partition coefficient (Wildman–Crippen LogP) is 0.950. The summed E-state index contributed by atoms with van der Waals surface area (Å²) in [5.74, 6) is 0.617. The SMILES string of the molecule is Cc1n[nH]c(=O)c(C(=O)N2CCN(Cc3c(C)noc3C)CC2)c1C. The highest BCUT2D eigenvalue weighted by Gasteiger charge is 2.26. The van der Waals surface area contributed by atoms with E-state index in [2.05, 4.69) is 20.3 Å². The molecule has 1 N–H and O–H groups in total. The van der Waals surface area contributed by atoms with Gasteiger partial charge in [0.25, 0.3) is 11.5 Å². The van der Waals surface area contributed by atoms with Crippen molar-refractivity contribution < 1.29 is 9.32 Å². The van der Waals surface area contributed by atoms with Crippen molar-refractivity contribution in [2.24, 2.45) is 0 Å². The van der Waals surface area contributed by atoms with E-state index in [4.69, 9.17) is 4.52 Å². The van der Waals surface area contributed by atoms with Crippen molar-refractivity contribution in [3.8, 4) is 0 Å². The Labute approximate surface area is 145 Å². The number of hydrogen-bond acceptors (Lipinski definition) is 6. The fraction of sp³-hybridized carbons (Fsp3) is 0.529. The fourth-order valence-electron chi connectivity index (χ4n) is 3.10. The molecule has 0 aliphatic carbocycles. The molecule has 0 radical (unpaired) electrons. The van der Waals surface area contributed by atoms with E-state index in [1.165, 1.54) is 0 Å². The van der Waals surface area contributed by atoms with E-state index >= 15 is 0 Å². The van der Waals surface area contributed by atoms with Crippen LogP contribution in [0.15, 0.2) is 9.32 Å². The molecular weight excluding hydrogens is 322 g/mol. The molecule has 0 saturated carbocycles. The van der Waals surface area contributed by atoms with Gasteiger partial charge in [-0.2, -0.15) is 5.10 Å². The zero-order valence-corrected chi connectivity index (χ0v) is 15.0. The van der Waals surface area contributed by atoms with Gasteiger partial charge in [-0.1, -0.05) is 5.16 Å². The highest BCUT2D eigenvalue weighted by atomic mass is 16.5. The fourth-order valence-corrected chi connectivity index (χ4v) is 3.10. The van der Waals surface area contributed by atoms with Crippen molar-refractivity contribution in [2.45, 2.75) is 34.2 Å². The molecule has 0 spiro atoms. The van der Waals surface area contributed by atoms with Gasteiger partial charge in [0.1, 0.15) is 11.3 Å². The van der Waals surface area contributed by atoms with Crippen molar-refractivity contribution in [3.63, 3.8) is 0 Å². The van der Waals surface area contributed by atoms with E-state index in [-0.39, 0.29) is 11.5 Å². The number of aromatic amines is 1. The molecule has 1 amide bonds. The number of hydrogen-bond donors (Lipinski definition) is 1. The van der Waals surface area contributed by atoms with Gasteiger partial charge in [0.15, 0.2) is 0 Å². The molecule has 1 aliphatic rings. The van der Waals surface area contributed by atoms with Crippen LogP contribution in [0.5, 0.6) is 0 Å². The van der Waals surface area contributed by atoms with Crippen LogP contribution in [0.4, 0.5) is 0 Å². The third-order valence-corrected chi connectivity index (χ3v) is 4.91. The maximum Gasteiger partial charge on any atom is 0.277 e. The number of piperazine rings is 1. The number of H-pyrrole nitrogens is 1. The van der Waals surface area contributed by atoms with Crippen molar-refractivity contribution in [3.05, 3.63) is 44.2 Å². The van der Waals surface area contributed by atoms with Crippen LogP contribution in [-0.4, -0.2) is 57.2 Å². The molecule has 2 aromatic heterocycles. The lowest BCUT2D eigenvalue weighted by Gasteiger charge is -2.34. The second kappa shape index (κ2) is 6.79. The maximum atomic E-state index is 12.8. The summed E-state index contributed by atoms with van der Waals surface area (Å²) in [4.78, 5) is 28.8. The number of amides is 1. The number of nitrogens with one attached hydrogen (secondary N) is 1. The van der Waals surface area contributed by atoms with Crippen LogP contribution in [-0.2, 0) is 6.54 Å². The number of rotatable bonds is 3. The first-order valence-electron chi connectivity index (χ1n) is 8.37. The number of aryl methyl sites for hydroxylation is 3. The highest BCUT2D eigenvalue weighted by Crippen LogP contribution is 2.17. The molecule has 1 fully saturated rings. The van der Waals surface area contributed by atoms with Crippen LogP contribution < -0.4 is 5.56 Å². The summed E-state index contributed by atoms with van der Waals surface area (Å²) in [6.45, 7) is 10.8. The molecule has 0 unspecified atom stereocenters. The molecule has 3 rings (SSSR count). The Kier molecular flexibility index (Phi) is 4.71. The predicted molar refractivity (Wildman–Crippen MR) is 91.5 cm³/mol. The van der Waals surface area contributed by atoms with Gasteiger partial charge in [-0.15, -0.1) is 0 Å². The molecule has 0 atom stereocenters. The van der Waals surface area contributed by atoms with Crippen molar-refractivity contribution in [1.29, 1.82) is 0 Å². The average Bonchev–Trinajstić information content (AvgIpc) is 2.91. The lowest BCUT2D eigenvalue weighted by Crippen LogP contribution is -2.49. The minimum atomic E-state index is -0.425. The summed E-state index contributed by atoms with van der Waals surface area (Å²) < 4.78 is 5.21. The normalized spacial score (nSPS) is 15.6. The van der Waals surface area contributed by atoms with Crippen molar-refractivity contribution in [1.82, 2.24) is 25.2 Å². The summed E-state index contributed by atoms with van der Waals surface area (Å²) in [5, 5.41) is 10.3. The molecule has 1 saturated heterocycles. The zero-order chi connectivity index (χ0) is 18.1. The maximum absolute atomic E-state index is 12.8. The first-order valence-corrected chi connectivity index (χ1v) is 8.37. The lowest BCUT2D eigenvalue weighted by atomic mass is 10.1. The van der Waals surface area contributed by atoms with Crippen LogP contribution in [0.1, 0.15) is 38.6 Å². The zero-order valence-electron chi connectivity index (χ0n) is 15.0. The smallest absolute Gasteiger partial charge is 0.277 e. The van der Waals surface area contributed by atoms with Gasteiger partial charge in [0.2, 0.25) is 0 Å². The molecule has 0 bridgehead atoms. The first-order chi connectivity index (χ1) is 11.9. The molecule has 25 heavy (non-hydrogen) atoms. The van der Waals surface area contributed by atoms with E-state index in [1.807, 2.05) is 13.8 Å². The Morgan fingerprint density at radius 2 is 1.80 bits per heavy atom. The number of nitrogens with zero attached hydrogens (tertiary/aromatic N) is 4. The molecule has 0 aromatic carbocycles. The van der Waals surface area contributed by atoms with Gasteiger partial charge in [-0.25, -0.2) is 5.10 Å². The van der Waals surface area contributed by atoms with Crippen molar-refractivity contribution >= 4 is 5.91 Å². The monoisotopic (exact) mass is 345 g/mol. The molecule has 2 aromatic rings. The minimum absolute atomic E-state index is 0.201. The topological polar surface area (TPSA) is 95.3 Å². The van der Waals surface area contributed by atoms with Crippen molar-refractivity contribution in [2.75, 3.05) is 26.2 Å². The van der Waals surface area contributed by atoms with Crippen LogP contribution >= 0.6 is 0 Å². The standard InChI is InChI=1S/C17H23N5O3/c1-10-11(2)18-19-16(23)15(10)17(24)22-7-5-21(6-8-22)9-14-12(3)20-25-13(14)4/h5-9H2,1-4H3,(H,19,23). The van der Waals surface area contributed by atoms with E-state index < -0.39 is 5.56 Å². The van der Waals surface area contributed by atoms with Crippen LogP contribution in [0.3, 0.4) is 0 Å². The Bertz CT molecular complexity index is 827. The molecule has 1 aliphatic heterocycles. The Hall–Kier alpha value is -2.48. The number of carbonyl (C=O) groups excluding carboxylic acids is 1. The number of aromatic nitrogens is 3. The number of carbonyl (C=O) groups is 1. The quantitative estimate of drug-likeness (QED) is 0.890. The van der Waals surface area contributed by atoms with Crippen LogP contribution in [0, 0.1) is 27.7 Å². The van der Waals surface area contributed by atoms with Gasteiger partial charge >= 0.3 is 0 Å². The molecule has 8 nitrogen and oxygen atoms in total. The summed E-state index contributed by atoms with van der Waals surface area (Å²) >= 11 is 0. The molecule has 134 valence electrons. The van der Waals surface area contributed by atoms with Gasteiger partial charge in [0.05, 0.1) is 11.4 Å². The average molecular weight is 345 g/mol. The third kappa shape index (κ3) is 3.34. The second-order valence-electron chi connectivity index (χ2n) is 6.51. The van der Waals surface area contributed by atoms with Gasteiger partial charge < -0.3 is 9.42 Å². The lowest BCUT2D eigenvalue weighted by molar-refractivity contribution is 0.0624. The van der Waals surface area contributed by atoms with Gasteiger partial charge in [0, 0.05) is 38.3 Å². The van der Waals surface area contributed by atoms with E-state index in [1.54, 1.807) is 18.7 Å². The van der Waals surface area contributed by atoms with E-state index in [9.17, 15) is 9.59 Å². The summed E-state index contributed by atoms with van der Waals surface area (Å²) in [5.41, 5.74) is 3.10. The largest absolute Gasteiger partial charge is 0.361 e. The Morgan fingerprint density at radius 1 is 1.12 bits per heavy atom. The Balaban J connectivity index is 1.68. The highest BCUT2D eigenvalue weighted by molar-refractivity contribution is 5.95. The van der Waals surface area contributed by atoms with Gasteiger partial charge in [-0.05, 0) is 33.3 Å². The van der Waals surface area contributed by atoms with E-state index in [0.29, 0.717) is 24.3 Å². The van der Waals surface area contributed by atoms with Crippen LogP contribution in [0.2, 0.25) is 0 Å². The summed E-state index contributed by atoms with van der Waals surface area (Å²) in [7, 11) is 0. The first kappa shape index (κ1) is 17.3. The minimum Gasteiger partial charge on any atom is -0.361 e. The summed E-state index contributed by atoms with van der Waals surface area (Å²) in [6, 6.07) is 0. The van der Waals surface area contributed by atoms with E-state index in [0.717, 1.165) is 36.7 Å². The summed E-state index contributed by atoms with van der Waals surface area (Å²) in [6.07, 6.45) is 0. The second-order valence-corrected chi connectivity index (χ2v) is 6.51. The van der Waals surface area contributed by atoms with Crippen LogP contribution in [0.25, 0.3) is 0 Å². The Morgan fingerprint density at radius 3 is 2.40 bits per heavy atom. The van der Waals surface area contributed by atoms with Gasteiger partial charge in [-0.3, -0.25) is 14.5 Å². The molecule has 8 heteroatoms. The molecular formula is C17H23N5O3.